The molecule has 0 spiro atoms. The average Bonchev–Trinajstić information content (AvgIpc) is 3.04. The van der Waals surface area contributed by atoms with E-state index in [0.29, 0.717) is 24.4 Å². The van der Waals surface area contributed by atoms with Gasteiger partial charge in [0.2, 0.25) is 21.8 Å². The number of methoxy groups -OCH3 is 1. The van der Waals surface area contributed by atoms with Gasteiger partial charge < -0.3 is 9.47 Å². The van der Waals surface area contributed by atoms with Crippen LogP contribution in [-0.4, -0.2) is 49.0 Å². The SMILES string of the molecule is COc1cncc(OC2CCN(S(=O)(=O)Cc3cccc(F)c3)C2)n1. The minimum Gasteiger partial charge on any atom is -0.480 e. The Bertz CT molecular complexity index is 847. The van der Waals surface area contributed by atoms with Crippen LogP contribution >= 0.6 is 0 Å². The van der Waals surface area contributed by atoms with Crippen LogP contribution in [0.5, 0.6) is 11.8 Å². The largest absolute Gasteiger partial charge is 0.480 e. The van der Waals surface area contributed by atoms with Crippen molar-refractivity contribution in [3.63, 3.8) is 0 Å². The summed E-state index contributed by atoms with van der Waals surface area (Å²) in [4.78, 5) is 8.05. The highest BCUT2D eigenvalue weighted by molar-refractivity contribution is 7.88. The number of rotatable bonds is 6. The van der Waals surface area contributed by atoms with Crippen LogP contribution in [-0.2, 0) is 15.8 Å². The van der Waals surface area contributed by atoms with E-state index in [-0.39, 0.29) is 24.3 Å². The molecular weight excluding hydrogens is 349 g/mol. The van der Waals surface area contributed by atoms with Crippen LogP contribution in [0.2, 0.25) is 0 Å². The molecular formula is C16H18FN3O4S. The first-order chi connectivity index (χ1) is 12.0. The monoisotopic (exact) mass is 367 g/mol. The number of aromatic nitrogens is 2. The Morgan fingerprint density at radius 1 is 1.32 bits per heavy atom. The van der Waals surface area contributed by atoms with E-state index in [1.54, 1.807) is 6.07 Å². The second kappa shape index (κ2) is 7.32. The molecule has 7 nitrogen and oxygen atoms in total. The van der Waals surface area contributed by atoms with Crippen LogP contribution in [0.15, 0.2) is 36.7 Å². The lowest BCUT2D eigenvalue weighted by Gasteiger charge is -2.17. The van der Waals surface area contributed by atoms with E-state index in [4.69, 9.17) is 9.47 Å². The Morgan fingerprint density at radius 2 is 2.12 bits per heavy atom. The number of sulfonamides is 1. The van der Waals surface area contributed by atoms with Crippen molar-refractivity contribution in [3.05, 3.63) is 48.0 Å². The summed E-state index contributed by atoms with van der Waals surface area (Å²) in [6.45, 7) is 0.566. The Balaban J connectivity index is 1.63. The van der Waals surface area contributed by atoms with E-state index >= 15 is 0 Å². The summed E-state index contributed by atoms with van der Waals surface area (Å²) in [7, 11) is -2.07. The fourth-order valence-corrected chi connectivity index (χ4v) is 4.19. The van der Waals surface area contributed by atoms with E-state index < -0.39 is 15.8 Å². The number of halogens is 1. The molecule has 0 radical (unpaired) electrons. The van der Waals surface area contributed by atoms with Gasteiger partial charge in [-0.1, -0.05) is 12.1 Å². The Kier molecular flexibility index (Phi) is 5.14. The zero-order valence-corrected chi connectivity index (χ0v) is 14.4. The number of hydrogen-bond donors (Lipinski definition) is 0. The molecule has 1 aromatic carbocycles. The Morgan fingerprint density at radius 3 is 2.88 bits per heavy atom. The zero-order chi connectivity index (χ0) is 17.9. The predicted octanol–water partition coefficient (Wildman–Crippen LogP) is 1.61. The molecule has 0 bridgehead atoms. The summed E-state index contributed by atoms with van der Waals surface area (Å²) in [5.41, 5.74) is 0.419. The molecule has 1 saturated heterocycles. The van der Waals surface area contributed by atoms with Crippen LogP contribution in [0.3, 0.4) is 0 Å². The minimum atomic E-state index is -3.54. The molecule has 25 heavy (non-hydrogen) atoms. The molecule has 1 aromatic heterocycles. The smallest absolute Gasteiger partial charge is 0.235 e. The second-order valence-electron chi connectivity index (χ2n) is 5.67. The minimum absolute atomic E-state index is 0.219. The fourth-order valence-electron chi connectivity index (χ4n) is 2.63. The Hall–Kier alpha value is -2.26. The van der Waals surface area contributed by atoms with Gasteiger partial charge >= 0.3 is 0 Å². The molecule has 3 rings (SSSR count). The summed E-state index contributed by atoms with van der Waals surface area (Å²) in [6.07, 6.45) is 3.13. The first-order valence-electron chi connectivity index (χ1n) is 7.71. The van der Waals surface area contributed by atoms with Crippen molar-refractivity contribution in [1.82, 2.24) is 14.3 Å². The Labute approximate surface area is 145 Å². The van der Waals surface area contributed by atoms with Gasteiger partial charge in [0.1, 0.15) is 11.9 Å². The van der Waals surface area contributed by atoms with E-state index in [1.807, 2.05) is 0 Å². The normalized spacial score (nSPS) is 18.2. The molecule has 1 atom stereocenters. The highest BCUT2D eigenvalue weighted by Crippen LogP contribution is 2.22. The van der Waals surface area contributed by atoms with E-state index in [2.05, 4.69) is 9.97 Å². The lowest BCUT2D eigenvalue weighted by atomic mass is 10.2. The van der Waals surface area contributed by atoms with Crippen molar-refractivity contribution in [1.29, 1.82) is 0 Å². The molecule has 134 valence electrons. The molecule has 0 aliphatic carbocycles. The van der Waals surface area contributed by atoms with Gasteiger partial charge in [-0.15, -0.1) is 0 Å². The van der Waals surface area contributed by atoms with Gasteiger partial charge in [0.05, 0.1) is 31.8 Å². The first kappa shape index (κ1) is 17.6. The van der Waals surface area contributed by atoms with Crippen LogP contribution < -0.4 is 9.47 Å². The number of benzene rings is 1. The topological polar surface area (TPSA) is 81.6 Å². The van der Waals surface area contributed by atoms with E-state index in [1.165, 1.54) is 42.0 Å². The number of hydrogen-bond acceptors (Lipinski definition) is 6. The zero-order valence-electron chi connectivity index (χ0n) is 13.6. The lowest BCUT2D eigenvalue weighted by Crippen LogP contribution is -2.32. The van der Waals surface area contributed by atoms with Crippen molar-refractivity contribution < 1.29 is 22.3 Å². The van der Waals surface area contributed by atoms with Crippen LogP contribution in [0.4, 0.5) is 4.39 Å². The molecule has 1 fully saturated rings. The second-order valence-corrected chi connectivity index (χ2v) is 7.64. The van der Waals surface area contributed by atoms with Gasteiger partial charge in [-0.05, 0) is 24.1 Å². The fraction of sp³-hybridized carbons (Fsp3) is 0.375. The van der Waals surface area contributed by atoms with Gasteiger partial charge in [0, 0.05) is 6.54 Å². The van der Waals surface area contributed by atoms with Crippen LogP contribution in [0.25, 0.3) is 0 Å². The molecule has 0 N–H and O–H groups in total. The average molecular weight is 367 g/mol. The molecule has 0 amide bonds. The number of ether oxygens (including phenoxy) is 2. The molecule has 1 aliphatic rings. The third-order valence-electron chi connectivity index (χ3n) is 3.83. The van der Waals surface area contributed by atoms with Gasteiger partial charge in [0.25, 0.3) is 0 Å². The summed E-state index contributed by atoms with van der Waals surface area (Å²) >= 11 is 0. The molecule has 2 aromatic rings. The maximum absolute atomic E-state index is 13.2. The maximum Gasteiger partial charge on any atom is 0.235 e. The molecule has 0 saturated carbocycles. The number of nitrogens with zero attached hydrogens (tertiary/aromatic N) is 3. The van der Waals surface area contributed by atoms with Gasteiger partial charge in [0.15, 0.2) is 0 Å². The predicted molar refractivity (Wildman–Crippen MR) is 88.2 cm³/mol. The van der Waals surface area contributed by atoms with Crippen molar-refractivity contribution in [2.45, 2.75) is 18.3 Å². The quantitative estimate of drug-likeness (QED) is 0.772. The molecule has 1 aliphatic heterocycles. The van der Waals surface area contributed by atoms with Gasteiger partial charge in [-0.2, -0.15) is 9.29 Å². The van der Waals surface area contributed by atoms with Crippen molar-refractivity contribution in [2.24, 2.45) is 0 Å². The first-order valence-corrected chi connectivity index (χ1v) is 9.32. The third-order valence-corrected chi connectivity index (χ3v) is 5.64. The third kappa shape index (κ3) is 4.43. The standard InChI is InChI=1S/C16H18FN3O4S/c1-23-15-8-18-9-16(19-15)24-14-5-6-20(10-14)25(21,22)11-12-3-2-4-13(17)7-12/h2-4,7-9,14H,5-6,10-11H2,1H3. The van der Waals surface area contributed by atoms with E-state index in [9.17, 15) is 12.8 Å². The summed E-state index contributed by atoms with van der Waals surface area (Å²) in [5, 5.41) is 0. The van der Waals surface area contributed by atoms with E-state index in [0.717, 1.165) is 0 Å². The summed E-state index contributed by atoms with van der Waals surface area (Å²) in [6, 6.07) is 5.60. The highest BCUT2D eigenvalue weighted by Gasteiger charge is 2.33. The summed E-state index contributed by atoms with van der Waals surface area (Å²) in [5.74, 6) is -0.0806. The van der Waals surface area contributed by atoms with Crippen LogP contribution in [0.1, 0.15) is 12.0 Å². The summed E-state index contributed by atoms with van der Waals surface area (Å²) < 4.78 is 50.3. The molecule has 9 heteroatoms. The molecule has 2 heterocycles. The van der Waals surface area contributed by atoms with Crippen molar-refractivity contribution >= 4 is 10.0 Å². The molecule has 1 unspecified atom stereocenters. The van der Waals surface area contributed by atoms with Gasteiger partial charge in [-0.25, -0.2) is 12.8 Å². The lowest BCUT2D eigenvalue weighted by molar-refractivity contribution is 0.203. The maximum atomic E-state index is 13.2. The van der Waals surface area contributed by atoms with Crippen molar-refractivity contribution in [3.8, 4) is 11.8 Å². The van der Waals surface area contributed by atoms with Gasteiger partial charge in [-0.3, -0.25) is 4.98 Å². The van der Waals surface area contributed by atoms with Crippen LogP contribution in [0, 0.1) is 5.82 Å². The van der Waals surface area contributed by atoms with Crippen molar-refractivity contribution in [2.75, 3.05) is 20.2 Å². The highest BCUT2D eigenvalue weighted by atomic mass is 32.2.